The van der Waals surface area contributed by atoms with Crippen molar-refractivity contribution in [3.63, 3.8) is 0 Å². The zero-order chi connectivity index (χ0) is 13.8. The van der Waals surface area contributed by atoms with E-state index in [1.165, 1.54) is 0 Å². The van der Waals surface area contributed by atoms with Gasteiger partial charge in [-0.3, -0.25) is 4.79 Å². The Bertz CT molecular complexity index is 447. The molecule has 1 fully saturated rings. The van der Waals surface area contributed by atoms with Gasteiger partial charge in [0.05, 0.1) is 5.56 Å². The molecular formula is C14H22N4O. The van der Waals surface area contributed by atoms with Gasteiger partial charge in [0.2, 0.25) is 0 Å². The van der Waals surface area contributed by atoms with Gasteiger partial charge in [-0.25, -0.2) is 4.98 Å². The summed E-state index contributed by atoms with van der Waals surface area (Å²) < 4.78 is 0. The van der Waals surface area contributed by atoms with Gasteiger partial charge in [0, 0.05) is 37.9 Å². The molecule has 0 spiro atoms. The maximum absolute atomic E-state index is 12.6. The number of piperazine rings is 1. The molecule has 1 unspecified atom stereocenters. The van der Waals surface area contributed by atoms with Crippen molar-refractivity contribution in [2.24, 2.45) is 0 Å². The number of aromatic nitrogens is 1. The summed E-state index contributed by atoms with van der Waals surface area (Å²) in [5.41, 5.74) is 0.658. The van der Waals surface area contributed by atoms with Gasteiger partial charge in [-0.1, -0.05) is 0 Å². The third-order valence-corrected chi connectivity index (χ3v) is 3.12. The van der Waals surface area contributed by atoms with E-state index in [0.29, 0.717) is 17.4 Å². The predicted octanol–water partition coefficient (Wildman–Crippen LogP) is 1.34. The molecule has 1 aromatic heterocycles. The fraction of sp³-hybridized carbons (Fsp3) is 0.571. The van der Waals surface area contributed by atoms with Crippen LogP contribution in [0.2, 0.25) is 0 Å². The molecule has 2 N–H and O–H groups in total. The van der Waals surface area contributed by atoms with E-state index in [-0.39, 0.29) is 11.9 Å². The van der Waals surface area contributed by atoms with Gasteiger partial charge < -0.3 is 15.5 Å². The predicted molar refractivity (Wildman–Crippen MR) is 76.4 cm³/mol. The van der Waals surface area contributed by atoms with Crippen LogP contribution in [0.15, 0.2) is 18.3 Å². The minimum atomic E-state index is 0.0598. The number of carbonyl (C=O) groups is 1. The second-order valence-corrected chi connectivity index (χ2v) is 5.30. The Morgan fingerprint density at radius 3 is 3.05 bits per heavy atom. The number of nitrogens with one attached hydrogen (secondary N) is 2. The smallest absolute Gasteiger partial charge is 0.257 e. The Morgan fingerprint density at radius 1 is 1.58 bits per heavy atom. The molecule has 0 aromatic carbocycles. The average Bonchev–Trinajstić information content (AvgIpc) is 2.38. The highest BCUT2D eigenvalue weighted by molar-refractivity contribution is 5.98. The molecule has 0 saturated carbocycles. The minimum absolute atomic E-state index is 0.0598. The topological polar surface area (TPSA) is 57.3 Å². The van der Waals surface area contributed by atoms with E-state index >= 15 is 0 Å². The fourth-order valence-electron chi connectivity index (χ4n) is 2.25. The fourth-order valence-corrected chi connectivity index (χ4v) is 2.25. The molecule has 5 heteroatoms. The van der Waals surface area contributed by atoms with Crippen LogP contribution in [-0.2, 0) is 0 Å². The second-order valence-electron chi connectivity index (χ2n) is 5.30. The first-order valence-electron chi connectivity index (χ1n) is 6.82. The maximum Gasteiger partial charge on any atom is 0.257 e. The molecule has 104 valence electrons. The maximum atomic E-state index is 12.6. The lowest BCUT2D eigenvalue weighted by molar-refractivity contribution is 0.0709. The van der Waals surface area contributed by atoms with Gasteiger partial charge in [0.15, 0.2) is 0 Å². The van der Waals surface area contributed by atoms with Gasteiger partial charge in [0.25, 0.3) is 5.91 Å². The lowest BCUT2D eigenvalue weighted by Crippen LogP contribution is -2.51. The first-order chi connectivity index (χ1) is 9.08. The summed E-state index contributed by atoms with van der Waals surface area (Å²) in [4.78, 5) is 18.7. The minimum Gasteiger partial charge on any atom is -0.367 e. The van der Waals surface area contributed by atoms with E-state index in [2.05, 4.69) is 22.5 Å². The number of pyridine rings is 1. The van der Waals surface area contributed by atoms with Crippen LogP contribution in [0, 0.1) is 0 Å². The summed E-state index contributed by atoms with van der Waals surface area (Å²) in [6.07, 6.45) is 1.71. The van der Waals surface area contributed by atoms with Crippen LogP contribution in [0.3, 0.4) is 0 Å². The zero-order valence-corrected chi connectivity index (χ0v) is 11.8. The largest absolute Gasteiger partial charge is 0.367 e. The van der Waals surface area contributed by atoms with Crippen molar-refractivity contribution < 1.29 is 4.79 Å². The molecule has 0 radical (unpaired) electrons. The van der Waals surface area contributed by atoms with Crippen LogP contribution in [-0.4, -0.2) is 47.5 Å². The standard InChI is InChI=1S/C14H22N4O/c1-10(2)17-13-12(5-4-6-16-13)14(19)18-8-7-15-11(3)9-18/h4-6,10-11,15H,7-9H2,1-3H3,(H,16,17). The molecule has 5 nitrogen and oxygen atoms in total. The number of nitrogens with zero attached hydrogens (tertiary/aromatic N) is 2. The molecular weight excluding hydrogens is 240 g/mol. The van der Waals surface area contributed by atoms with E-state index < -0.39 is 0 Å². The number of rotatable bonds is 3. The van der Waals surface area contributed by atoms with Crippen molar-refractivity contribution in [1.29, 1.82) is 0 Å². The summed E-state index contributed by atoms with van der Waals surface area (Å²) in [5, 5.41) is 6.57. The molecule has 0 bridgehead atoms. The van der Waals surface area contributed by atoms with Crippen molar-refractivity contribution in [3.05, 3.63) is 23.9 Å². The van der Waals surface area contributed by atoms with E-state index in [9.17, 15) is 4.79 Å². The molecule has 0 aliphatic carbocycles. The highest BCUT2D eigenvalue weighted by atomic mass is 16.2. The Morgan fingerprint density at radius 2 is 2.37 bits per heavy atom. The number of hydrogen-bond acceptors (Lipinski definition) is 4. The number of hydrogen-bond donors (Lipinski definition) is 2. The van der Waals surface area contributed by atoms with Gasteiger partial charge >= 0.3 is 0 Å². The van der Waals surface area contributed by atoms with Crippen molar-refractivity contribution >= 4 is 11.7 Å². The molecule has 1 amide bonds. The Labute approximate surface area is 114 Å². The third-order valence-electron chi connectivity index (χ3n) is 3.12. The zero-order valence-electron chi connectivity index (χ0n) is 11.8. The van der Waals surface area contributed by atoms with E-state index in [4.69, 9.17) is 0 Å². The van der Waals surface area contributed by atoms with E-state index in [0.717, 1.165) is 19.6 Å². The van der Waals surface area contributed by atoms with Crippen molar-refractivity contribution in [2.45, 2.75) is 32.9 Å². The first kappa shape index (κ1) is 13.8. The number of carbonyl (C=O) groups excluding carboxylic acids is 1. The molecule has 1 aliphatic rings. The van der Waals surface area contributed by atoms with Gasteiger partial charge in [0.1, 0.15) is 5.82 Å². The van der Waals surface area contributed by atoms with Crippen LogP contribution in [0.1, 0.15) is 31.1 Å². The number of anilines is 1. The summed E-state index contributed by atoms with van der Waals surface area (Å²) in [6, 6.07) is 4.25. The molecule has 2 rings (SSSR count). The van der Waals surface area contributed by atoms with Crippen LogP contribution in [0.5, 0.6) is 0 Å². The summed E-state index contributed by atoms with van der Waals surface area (Å²) in [7, 11) is 0. The van der Waals surface area contributed by atoms with Crippen molar-refractivity contribution in [2.75, 3.05) is 25.0 Å². The quantitative estimate of drug-likeness (QED) is 0.863. The highest BCUT2D eigenvalue weighted by Gasteiger charge is 2.23. The van der Waals surface area contributed by atoms with Crippen molar-refractivity contribution in [1.82, 2.24) is 15.2 Å². The lowest BCUT2D eigenvalue weighted by atomic mass is 10.1. The molecule has 1 atom stereocenters. The van der Waals surface area contributed by atoms with Gasteiger partial charge in [-0.15, -0.1) is 0 Å². The van der Waals surface area contributed by atoms with Crippen LogP contribution >= 0.6 is 0 Å². The monoisotopic (exact) mass is 262 g/mol. The summed E-state index contributed by atoms with van der Waals surface area (Å²) in [6.45, 7) is 8.51. The van der Waals surface area contributed by atoms with E-state index in [1.807, 2.05) is 30.9 Å². The van der Waals surface area contributed by atoms with E-state index in [1.54, 1.807) is 6.20 Å². The Hall–Kier alpha value is -1.62. The molecule has 1 saturated heterocycles. The molecule has 19 heavy (non-hydrogen) atoms. The average molecular weight is 262 g/mol. The van der Waals surface area contributed by atoms with Gasteiger partial charge in [-0.05, 0) is 32.9 Å². The summed E-state index contributed by atoms with van der Waals surface area (Å²) in [5.74, 6) is 0.735. The molecule has 2 heterocycles. The number of amides is 1. The SMILES string of the molecule is CC(C)Nc1ncccc1C(=O)N1CCNC(C)C1. The Kier molecular flexibility index (Phi) is 4.37. The van der Waals surface area contributed by atoms with Crippen LogP contribution in [0.4, 0.5) is 5.82 Å². The summed E-state index contributed by atoms with van der Waals surface area (Å²) >= 11 is 0. The first-order valence-corrected chi connectivity index (χ1v) is 6.82. The highest BCUT2D eigenvalue weighted by Crippen LogP contribution is 2.16. The second kappa shape index (κ2) is 6.02. The molecule has 1 aliphatic heterocycles. The normalized spacial score (nSPS) is 19.6. The van der Waals surface area contributed by atoms with Crippen LogP contribution < -0.4 is 10.6 Å². The lowest BCUT2D eigenvalue weighted by Gasteiger charge is -2.32. The Balaban J connectivity index is 2.18. The third kappa shape index (κ3) is 3.44. The van der Waals surface area contributed by atoms with Crippen LogP contribution in [0.25, 0.3) is 0 Å². The van der Waals surface area contributed by atoms with Gasteiger partial charge in [-0.2, -0.15) is 0 Å². The van der Waals surface area contributed by atoms with Crippen molar-refractivity contribution in [3.8, 4) is 0 Å². The molecule has 1 aromatic rings.